The van der Waals surface area contributed by atoms with E-state index in [1.807, 2.05) is 36.4 Å². The number of benzene rings is 22. The van der Waals surface area contributed by atoms with E-state index in [4.69, 9.17) is 29.9 Å². The van der Waals surface area contributed by atoms with Crippen molar-refractivity contribution in [1.29, 1.82) is 0 Å². The van der Waals surface area contributed by atoms with E-state index in [0.717, 1.165) is 134 Å². The number of fused-ring (bicyclic) bond motifs is 11. The van der Waals surface area contributed by atoms with E-state index in [1.165, 1.54) is 159 Å². The third kappa shape index (κ3) is 12.0. The van der Waals surface area contributed by atoms with Crippen molar-refractivity contribution in [2.24, 2.45) is 0 Å². The van der Waals surface area contributed by atoms with Gasteiger partial charge >= 0.3 is 0 Å². The fourth-order valence-corrected chi connectivity index (χ4v) is 22.9. The Morgan fingerprint density at radius 1 is 0.137 bits per heavy atom. The maximum absolute atomic E-state index is 5.51. The van der Waals surface area contributed by atoms with Gasteiger partial charge in [0.15, 0.2) is 17.5 Å². The van der Waals surface area contributed by atoms with E-state index < -0.39 is 0 Å². The molecule has 0 atom stereocenters. The zero-order chi connectivity index (χ0) is 91.0. The Labute approximate surface area is 798 Å². The highest BCUT2D eigenvalue weighted by Crippen LogP contribution is 2.55. The van der Waals surface area contributed by atoms with E-state index >= 15 is 0 Å². The Hall–Kier alpha value is -18.7. The molecule has 0 bridgehead atoms. The quantitative estimate of drug-likeness (QED) is 0.134. The smallest absolute Gasteiger partial charge is 0.165 e. The molecule has 6 heterocycles. The van der Waals surface area contributed by atoms with Crippen LogP contribution in [0.15, 0.2) is 467 Å². The standard InChI is InChI=1S/C48H29N3.C42H25N3.C40H23N3/c1-2-11-30(12-3-1)34-15-6-16-35(29-34)31-25-27-33(28-26-31)47-48(50-41-22-5-4-21-40(41)49-47)51-42-23-9-19-38-36-17-7-13-32-14-8-18-37(44(32)36)39-20-10-24-43(51)46(39)45(38)42;1-2-10-26(11-3-1)27-22-24-29(25-23-27)41-42(44-35-19-5-4-18-34(35)43-41)45-36-20-8-16-32-30-14-6-12-28-13-7-15-31(38(28)30)33-17-9-21-37(45)40(33)39(32)36;1-2-11-26(12-3-1)38-40(42-39-27-15-5-4-10-24(27)22-23-32(39)41-38)43-33-20-8-18-30-28-16-6-13-25-14-7-17-29(35(25)28)31-19-9-21-34(43)37(31)36(30)33/h1-29H;1-25H;1-23H. The van der Waals surface area contributed by atoms with Crippen molar-refractivity contribution in [3.63, 3.8) is 0 Å². The highest BCUT2D eigenvalue weighted by molar-refractivity contribution is 6.31. The van der Waals surface area contributed by atoms with Crippen LogP contribution < -0.4 is 0 Å². The predicted molar refractivity (Wildman–Crippen MR) is 578 cm³/mol. The number of hydrogen-bond acceptors (Lipinski definition) is 6. The van der Waals surface area contributed by atoms with Crippen LogP contribution in [0.2, 0.25) is 0 Å². The first-order chi connectivity index (χ1) is 69.0. The lowest BCUT2D eigenvalue weighted by atomic mass is 9.93. The Kier molecular flexibility index (Phi) is 17.3. The summed E-state index contributed by atoms with van der Waals surface area (Å²) < 4.78 is 7.03. The second-order valence-corrected chi connectivity index (χ2v) is 36.5. The zero-order valence-electron chi connectivity index (χ0n) is 75.0. The first-order valence-corrected chi connectivity index (χ1v) is 47.5. The van der Waals surface area contributed by atoms with E-state index in [-0.39, 0.29) is 0 Å². The molecule has 0 spiro atoms. The fourth-order valence-electron chi connectivity index (χ4n) is 22.9. The van der Waals surface area contributed by atoms with Crippen molar-refractivity contribution in [3.05, 3.63) is 467 Å². The van der Waals surface area contributed by atoms with Crippen LogP contribution in [-0.2, 0) is 0 Å². The summed E-state index contributed by atoms with van der Waals surface area (Å²) in [7, 11) is 0. The van der Waals surface area contributed by atoms with Gasteiger partial charge in [-0.15, -0.1) is 0 Å². The van der Waals surface area contributed by atoms with Crippen molar-refractivity contribution in [2.45, 2.75) is 0 Å². The first kappa shape index (κ1) is 77.9. The molecule has 6 aromatic heterocycles. The Balaban J connectivity index is 0.000000101. The summed E-state index contributed by atoms with van der Waals surface area (Å²) in [5.41, 5.74) is 40.0. The molecule has 0 fully saturated rings. The van der Waals surface area contributed by atoms with Gasteiger partial charge in [-0.25, -0.2) is 29.9 Å². The van der Waals surface area contributed by atoms with E-state index in [0.29, 0.717) is 0 Å². The molecule has 642 valence electrons. The minimum atomic E-state index is 0.828. The molecule has 139 heavy (non-hydrogen) atoms. The monoisotopic (exact) mass is 1760 g/mol. The maximum atomic E-state index is 5.51. The van der Waals surface area contributed by atoms with E-state index in [9.17, 15) is 0 Å². The average Bonchev–Trinajstić information content (AvgIpc) is 1.55. The van der Waals surface area contributed by atoms with Crippen molar-refractivity contribution < 1.29 is 0 Å². The van der Waals surface area contributed by atoms with Crippen molar-refractivity contribution in [1.82, 2.24) is 43.6 Å². The van der Waals surface area contributed by atoms with Gasteiger partial charge in [0.1, 0.15) is 17.1 Å². The van der Waals surface area contributed by atoms with Crippen molar-refractivity contribution in [3.8, 4) is 151 Å². The molecule has 0 aliphatic heterocycles. The van der Waals surface area contributed by atoms with Gasteiger partial charge in [0.25, 0.3) is 0 Å². The minimum Gasteiger partial charge on any atom is -0.292 e. The number of hydrogen-bond donors (Lipinski definition) is 0. The van der Waals surface area contributed by atoms with Crippen LogP contribution in [0.5, 0.6) is 0 Å². The average molecular weight is 1770 g/mol. The summed E-state index contributed by atoms with van der Waals surface area (Å²) in [5.74, 6) is 2.51. The molecule has 3 aliphatic carbocycles. The molecule has 0 saturated carbocycles. The van der Waals surface area contributed by atoms with Crippen LogP contribution in [0.4, 0.5) is 0 Å². The molecule has 22 aromatic carbocycles. The summed E-state index contributed by atoms with van der Waals surface area (Å²) in [6.07, 6.45) is 0. The van der Waals surface area contributed by atoms with Crippen LogP contribution >= 0.6 is 0 Å². The Morgan fingerprint density at radius 3 is 0.719 bits per heavy atom. The molecule has 28 aromatic rings. The lowest BCUT2D eigenvalue weighted by Gasteiger charge is -2.16. The van der Waals surface area contributed by atoms with Crippen LogP contribution in [0.25, 0.3) is 293 Å². The van der Waals surface area contributed by atoms with Crippen LogP contribution in [0, 0.1) is 0 Å². The molecule has 0 unspecified atom stereocenters. The Morgan fingerprint density at radius 2 is 0.367 bits per heavy atom. The third-order valence-corrected chi connectivity index (χ3v) is 29.0. The van der Waals surface area contributed by atoms with Crippen molar-refractivity contribution in [2.75, 3.05) is 0 Å². The number of rotatable bonds is 9. The van der Waals surface area contributed by atoms with Gasteiger partial charge in [0.05, 0.1) is 66.2 Å². The van der Waals surface area contributed by atoms with Gasteiger partial charge in [-0.1, -0.05) is 394 Å². The molecular weight excluding hydrogens is 1690 g/mol. The first-order valence-electron chi connectivity index (χ1n) is 47.5. The van der Waals surface area contributed by atoms with E-state index in [1.54, 1.807) is 0 Å². The van der Waals surface area contributed by atoms with Crippen LogP contribution in [-0.4, -0.2) is 43.6 Å². The van der Waals surface area contributed by atoms with Crippen molar-refractivity contribution >= 4 is 142 Å². The molecule has 0 radical (unpaired) electrons. The highest BCUT2D eigenvalue weighted by Gasteiger charge is 2.32. The van der Waals surface area contributed by atoms with Gasteiger partial charge < -0.3 is 0 Å². The van der Waals surface area contributed by atoms with Crippen LogP contribution in [0.1, 0.15) is 0 Å². The fraction of sp³-hybridized carbons (Fsp3) is 0. The highest BCUT2D eigenvalue weighted by atomic mass is 15.1. The summed E-state index contributed by atoms with van der Waals surface area (Å²) in [6.45, 7) is 0. The summed E-state index contributed by atoms with van der Waals surface area (Å²) in [6, 6.07) is 167. The number of aromatic nitrogens is 9. The third-order valence-electron chi connectivity index (χ3n) is 29.0. The molecule has 0 N–H and O–H groups in total. The van der Waals surface area contributed by atoms with Crippen LogP contribution in [0.3, 0.4) is 0 Å². The Bertz CT molecular complexity index is 9790. The summed E-state index contributed by atoms with van der Waals surface area (Å²) in [4.78, 5) is 32.2. The number of nitrogens with zero attached hydrogens (tertiary/aromatic N) is 9. The SMILES string of the molecule is c1ccc(-c2ccc(-c3nc4ccccc4nc3-n3c4cccc5c4c4c(cccc43)-c3cccc4cccc-5c34)cc2)cc1.c1ccc(-c2cccc(-c3ccc(-c4nc5ccccc5nc4-n4c5cccc6c5c5c(cccc54)-c4cccc5cccc-6c45)cc3)c2)cc1.c1ccc(-c2nc3ccc4ccccc4c3nc2-n2c3cccc4c3c3c(cccc32)-c2cccc3cccc-4c23)cc1. The number of para-hydroxylation sites is 4. The molecule has 0 saturated heterocycles. The predicted octanol–water partition coefficient (Wildman–Crippen LogP) is 33.7. The topological polar surface area (TPSA) is 92.1 Å². The lowest BCUT2D eigenvalue weighted by molar-refractivity contribution is 1.08. The normalized spacial score (nSPS) is 12.0. The van der Waals surface area contributed by atoms with E-state index in [2.05, 4.69) is 444 Å². The second kappa shape index (κ2) is 30.9. The molecular formula is C130H77N9. The zero-order valence-corrected chi connectivity index (χ0v) is 75.0. The lowest BCUT2D eigenvalue weighted by Crippen LogP contribution is -2.04. The van der Waals surface area contributed by atoms with Gasteiger partial charge in [-0.2, -0.15) is 0 Å². The molecule has 0 amide bonds. The van der Waals surface area contributed by atoms with Gasteiger partial charge in [-0.3, -0.25) is 13.7 Å². The summed E-state index contributed by atoms with van der Waals surface area (Å²) in [5, 5.41) is 17.5. The summed E-state index contributed by atoms with van der Waals surface area (Å²) >= 11 is 0. The molecule has 3 aliphatic rings. The maximum Gasteiger partial charge on any atom is 0.165 e. The van der Waals surface area contributed by atoms with Gasteiger partial charge in [0.2, 0.25) is 0 Å². The van der Waals surface area contributed by atoms with Gasteiger partial charge in [-0.05, 0) is 211 Å². The largest absolute Gasteiger partial charge is 0.292 e. The molecule has 31 rings (SSSR count). The molecule has 9 nitrogen and oxygen atoms in total. The molecule has 9 heteroatoms. The minimum absolute atomic E-state index is 0.828. The second-order valence-electron chi connectivity index (χ2n) is 36.5. The van der Waals surface area contributed by atoms with Gasteiger partial charge in [0, 0.05) is 54.4 Å².